The first-order valence-electron chi connectivity index (χ1n) is 21.6. The summed E-state index contributed by atoms with van der Waals surface area (Å²) in [4.78, 5) is 83.2. The minimum atomic E-state index is -2.73. The first kappa shape index (κ1) is 53.8. The van der Waals surface area contributed by atoms with Gasteiger partial charge in [0.15, 0.2) is 92.7 Å². The lowest BCUT2D eigenvalue weighted by molar-refractivity contribution is -0.282. The van der Waals surface area contributed by atoms with Crippen LogP contribution in [0, 0.1) is 0 Å². The molecule has 412 valence electrons. The summed E-state index contributed by atoms with van der Waals surface area (Å²) < 4.78 is 39.0. The lowest BCUT2D eigenvalue weighted by Crippen LogP contribution is -2.63. The van der Waals surface area contributed by atoms with Gasteiger partial charge in [0.25, 0.3) is 0 Å². The number of esters is 5. The summed E-state index contributed by atoms with van der Waals surface area (Å²) in [7, 11) is 0. The van der Waals surface area contributed by atoms with Crippen molar-refractivity contribution in [3.8, 4) is 120 Å². The highest BCUT2D eigenvalue weighted by molar-refractivity contribution is 6.08. The van der Waals surface area contributed by atoms with E-state index in [1.165, 1.54) is 0 Å². The molecule has 18 N–H and O–H groups in total. The Balaban J connectivity index is 1.31. The molecule has 1 saturated heterocycles. The van der Waals surface area contributed by atoms with Crippen LogP contribution in [0.3, 0.4) is 0 Å². The molecule has 31 heteroatoms. The zero-order chi connectivity index (χ0) is 58.0. The lowest BCUT2D eigenvalue weighted by atomic mass is 9.92. The van der Waals surface area contributed by atoms with E-state index < -0.39 is 227 Å². The minimum absolute atomic E-state index is 0.357. The van der Waals surface area contributed by atoms with Crippen LogP contribution in [0.1, 0.15) is 62.1 Å². The molecule has 0 amide bonds. The van der Waals surface area contributed by atoms with Gasteiger partial charge in [-0.15, -0.1) is 0 Å². The fourth-order valence-electron chi connectivity index (χ4n) is 7.84. The van der Waals surface area contributed by atoms with Crippen molar-refractivity contribution in [2.24, 2.45) is 0 Å². The third kappa shape index (κ3) is 9.63. The molecule has 0 unspecified atom stereocenters. The fraction of sp³-hybridized carbons (Fsp3) is 0.125. The predicted molar refractivity (Wildman–Crippen MR) is 245 cm³/mol. The van der Waals surface area contributed by atoms with E-state index in [1.807, 2.05) is 0 Å². The van der Waals surface area contributed by atoms with Gasteiger partial charge in [0.05, 0.1) is 27.8 Å². The molecule has 0 radical (unpaired) electrons. The third-order valence-corrected chi connectivity index (χ3v) is 11.7. The standard InChI is InChI=1S/C48H34O31/c49-17-1-11(2-18(50)29(17)57)43(68)77-40-39-26(10-73-46(71)14-7-22(54)32(60)35(63)27(14)28-15(47(72)76-39)8-23(55)33(61)36(28)64)75-48(41(40)78-44(69)12-3-19(51)30(58)20(52)4-12)79-45(70)13-5-21(53)31(59)25(6-13)74-38-16(42(66)67)9-24(56)34(62)37(38)65/h1-9,26,39-41,48-65H,10H2,(H,66,67)/t26-,39-,40+,41-,48+/m1/s1. The molecule has 6 aromatic carbocycles. The van der Waals surface area contributed by atoms with E-state index in [0.717, 1.165) is 0 Å². The van der Waals surface area contributed by atoms with Crippen molar-refractivity contribution in [2.45, 2.75) is 30.7 Å². The molecule has 2 aliphatic heterocycles. The van der Waals surface area contributed by atoms with Crippen LogP contribution in [0.5, 0.6) is 109 Å². The quantitative estimate of drug-likeness (QED) is 0.0562. The van der Waals surface area contributed by atoms with E-state index in [9.17, 15) is 121 Å². The van der Waals surface area contributed by atoms with Gasteiger partial charge >= 0.3 is 35.8 Å². The van der Waals surface area contributed by atoms with Gasteiger partial charge in [0, 0.05) is 17.2 Å². The first-order valence-corrected chi connectivity index (χ1v) is 21.6. The number of carboxylic acids is 1. The second-order valence-electron chi connectivity index (χ2n) is 16.6. The molecule has 2 heterocycles. The zero-order valence-electron chi connectivity index (χ0n) is 38.6. The summed E-state index contributed by atoms with van der Waals surface area (Å²) in [5.74, 6) is -35.3. The predicted octanol–water partition coefficient (Wildman–Crippen LogP) is 2.57. The molecule has 1 fully saturated rings. The summed E-state index contributed by atoms with van der Waals surface area (Å²) in [6, 6.07) is 4.01. The number of carbonyl (C=O) groups is 6. The van der Waals surface area contributed by atoms with Gasteiger partial charge in [-0.25, -0.2) is 28.8 Å². The van der Waals surface area contributed by atoms with Crippen molar-refractivity contribution in [3.05, 3.63) is 88.0 Å². The van der Waals surface area contributed by atoms with Crippen LogP contribution >= 0.6 is 0 Å². The van der Waals surface area contributed by atoms with Crippen LogP contribution in [0.25, 0.3) is 11.1 Å². The largest absolute Gasteiger partial charge is 0.504 e. The number of aromatic carboxylic acids is 1. The molecule has 0 saturated carbocycles. The highest BCUT2D eigenvalue weighted by Crippen LogP contribution is 2.54. The molecular weight excluding hydrogens is 1070 g/mol. The third-order valence-electron chi connectivity index (χ3n) is 11.7. The van der Waals surface area contributed by atoms with Gasteiger partial charge in [-0.3, -0.25) is 0 Å². The Bertz CT molecular complexity index is 3580. The lowest BCUT2D eigenvalue weighted by Gasteiger charge is -2.43. The number of fused-ring (bicyclic) bond motifs is 4. The number of cyclic esters (lactones) is 1. The number of aromatic hydroxyl groups is 17. The molecule has 0 aromatic heterocycles. The number of ether oxygens (including phenoxy) is 7. The van der Waals surface area contributed by atoms with E-state index >= 15 is 0 Å². The van der Waals surface area contributed by atoms with Crippen molar-refractivity contribution in [2.75, 3.05) is 6.61 Å². The van der Waals surface area contributed by atoms with Gasteiger partial charge in [-0.1, -0.05) is 0 Å². The molecule has 0 bridgehead atoms. The molecule has 79 heavy (non-hydrogen) atoms. The Morgan fingerprint density at radius 3 is 1.34 bits per heavy atom. The van der Waals surface area contributed by atoms with Crippen LogP contribution in [-0.2, 0) is 28.4 Å². The fourth-order valence-corrected chi connectivity index (χ4v) is 7.84. The topological polar surface area (TPSA) is 531 Å². The Morgan fingerprint density at radius 1 is 0.443 bits per heavy atom. The van der Waals surface area contributed by atoms with Crippen molar-refractivity contribution in [1.82, 2.24) is 0 Å². The molecule has 2 aliphatic rings. The Morgan fingerprint density at radius 2 is 0.848 bits per heavy atom. The molecular formula is C48H34O31. The summed E-state index contributed by atoms with van der Waals surface area (Å²) in [5, 5.41) is 187. The van der Waals surface area contributed by atoms with E-state index in [2.05, 4.69) is 0 Å². The molecule has 0 aliphatic carbocycles. The number of hydrogen-bond donors (Lipinski definition) is 18. The second-order valence-corrected chi connectivity index (χ2v) is 16.6. The first-order chi connectivity index (χ1) is 37.1. The number of phenolic OH excluding ortho intramolecular Hbond substituents is 17. The molecule has 8 rings (SSSR count). The van der Waals surface area contributed by atoms with Crippen molar-refractivity contribution >= 4 is 35.8 Å². The highest BCUT2D eigenvalue weighted by Gasteiger charge is 2.55. The summed E-state index contributed by atoms with van der Waals surface area (Å²) in [6.45, 7) is -1.37. The van der Waals surface area contributed by atoms with E-state index in [1.54, 1.807) is 0 Å². The highest BCUT2D eigenvalue weighted by atomic mass is 16.7. The van der Waals surface area contributed by atoms with E-state index in [0.29, 0.717) is 54.6 Å². The van der Waals surface area contributed by atoms with Crippen LogP contribution in [-0.4, -0.2) is 165 Å². The van der Waals surface area contributed by atoms with Crippen molar-refractivity contribution < 1.29 is 154 Å². The van der Waals surface area contributed by atoms with Crippen LogP contribution in [0.4, 0.5) is 0 Å². The van der Waals surface area contributed by atoms with Crippen LogP contribution < -0.4 is 4.74 Å². The molecule has 6 aromatic rings. The van der Waals surface area contributed by atoms with E-state index in [4.69, 9.17) is 33.2 Å². The number of benzene rings is 6. The normalized spacial score (nSPS) is 17.7. The SMILES string of the molecule is O=C(O[C@@H]1O[C@@H]2COC(=O)c3cc(O)c(O)c(O)c3-c3c(cc(O)c(O)c3O)C(=O)O[C@H]2[C@H](OC(=O)c2cc(O)c(O)c(O)c2)[C@H]1OC(=O)c1cc(O)c(O)c(O)c1)c1cc(O)c(O)c(Oc2c(C(=O)O)cc(O)c(O)c2O)c1. The average molecular weight is 1110 g/mol. The maximum Gasteiger partial charge on any atom is 0.340 e. The number of carboxylic acid groups (broad SMARTS) is 1. The number of rotatable bonds is 9. The zero-order valence-corrected chi connectivity index (χ0v) is 38.6. The molecule has 5 atom stereocenters. The van der Waals surface area contributed by atoms with Gasteiger partial charge in [-0.2, -0.15) is 0 Å². The number of hydrogen-bond acceptors (Lipinski definition) is 30. The summed E-state index contributed by atoms with van der Waals surface area (Å²) in [5.41, 5.74) is -8.34. The summed E-state index contributed by atoms with van der Waals surface area (Å²) in [6.07, 6.45) is -13.0. The average Bonchev–Trinajstić information content (AvgIpc) is 3.70. The Labute approximate surface area is 434 Å². The maximum absolute atomic E-state index is 14.6. The minimum Gasteiger partial charge on any atom is -0.504 e. The Kier molecular flexibility index (Phi) is 13.6. The van der Waals surface area contributed by atoms with Gasteiger partial charge in [-0.05, 0) is 48.5 Å². The van der Waals surface area contributed by atoms with E-state index in [-0.39, 0.29) is 0 Å². The van der Waals surface area contributed by atoms with Crippen molar-refractivity contribution in [3.63, 3.8) is 0 Å². The van der Waals surface area contributed by atoms with Crippen LogP contribution in [0.2, 0.25) is 0 Å². The maximum atomic E-state index is 14.6. The van der Waals surface area contributed by atoms with Gasteiger partial charge in [0.2, 0.25) is 41.1 Å². The molecule has 0 spiro atoms. The number of phenols is 17. The smallest absolute Gasteiger partial charge is 0.340 e. The van der Waals surface area contributed by atoms with Crippen molar-refractivity contribution in [1.29, 1.82) is 0 Å². The molecule has 31 nitrogen and oxygen atoms in total. The van der Waals surface area contributed by atoms with Gasteiger partial charge < -0.3 is 125 Å². The summed E-state index contributed by atoms with van der Waals surface area (Å²) >= 11 is 0. The second kappa shape index (κ2) is 20.0. The van der Waals surface area contributed by atoms with Gasteiger partial charge in [0.1, 0.15) is 18.3 Å². The van der Waals surface area contributed by atoms with Crippen LogP contribution in [0.15, 0.2) is 54.6 Å². The number of carbonyl (C=O) groups excluding carboxylic acids is 5. The Hall–Kier alpha value is -11.5. The monoisotopic (exact) mass is 1110 g/mol.